The Kier molecular flexibility index (Phi) is 6.01. The maximum atomic E-state index is 11.7. The number of nitrogens with one attached hydrogen (secondary N) is 1. The van der Waals surface area contributed by atoms with E-state index in [1.807, 2.05) is 6.92 Å². The van der Waals surface area contributed by atoms with E-state index in [0.717, 1.165) is 0 Å². The van der Waals surface area contributed by atoms with E-state index in [-0.39, 0.29) is 25.0 Å². The van der Waals surface area contributed by atoms with Gasteiger partial charge >= 0.3 is 5.97 Å². The van der Waals surface area contributed by atoms with Crippen molar-refractivity contribution in [3.8, 4) is 0 Å². The zero-order valence-corrected chi connectivity index (χ0v) is 11.4. The van der Waals surface area contributed by atoms with Gasteiger partial charge in [0.25, 0.3) is 0 Å². The van der Waals surface area contributed by atoms with Gasteiger partial charge in [0, 0.05) is 6.07 Å². The summed E-state index contributed by atoms with van der Waals surface area (Å²) >= 11 is 0. The van der Waals surface area contributed by atoms with Crippen molar-refractivity contribution in [3.05, 3.63) is 11.8 Å². The van der Waals surface area contributed by atoms with Gasteiger partial charge in [0.1, 0.15) is 5.76 Å². The minimum Gasteiger partial charge on any atom is -0.465 e. The van der Waals surface area contributed by atoms with Crippen LogP contribution in [0.5, 0.6) is 0 Å². The first kappa shape index (κ1) is 15.2. The Labute approximate surface area is 111 Å². The third kappa shape index (κ3) is 5.52. The van der Waals surface area contributed by atoms with Crippen LogP contribution in [0.3, 0.4) is 0 Å². The first-order valence-electron chi connectivity index (χ1n) is 6.16. The van der Waals surface area contributed by atoms with Crippen molar-refractivity contribution in [3.63, 3.8) is 0 Å². The van der Waals surface area contributed by atoms with Gasteiger partial charge in [0.05, 0.1) is 19.7 Å². The van der Waals surface area contributed by atoms with Gasteiger partial charge in [-0.3, -0.25) is 14.5 Å². The van der Waals surface area contributed by atoms with E-state index in [9.17, 15) is 9.59 Å². The fourth-order valence-electron chi connectivity index (χ4n) is 1.48. The van der Waals surface area contributed by atoms with Crippen LogP contribution < -0.4 is 5.32 Å². The Hall–Kier alpha value is -1.89. The number of aromatic nitrogens is 1. The molecule has 0 aromatic carbocycles. The topological polar surface area (TPSA) is 84.7 Å². The van der Waals surface area contributed by atoms with E-state index < -0.39 is 0 Å². The van der Waals surface area contributed by atoms with Crippen molar-refractivity contribution < 1.29 is 18.8 Å². The van der Waals surface area contributed by atoms with Gasteiger partial charge in [-0.05, 0) is 20.4 Å². The van der Waals surface area contributed by atoms with E-state index in [4.69, 9.17) is 9.26 Å². The van der Waals surface area contributed by atoms with Crippen LogP contribution >= 0.6 is 0 Å². The van der Waals surface area contributed by atoms with Crippen molar-refractivity contribution in [1.82, 2.24) is 10.1 Å². The summed E-state index contributed by atoms with van der Waals surface area (Å²) in [4.78, 5) is 24.8. The highest BCUT2D eigenvalue weighted by atomic mass is 16.5. The Morgan fingerprint density at radius 3 is 2.68 bits per heavy atom. The molecule has 1 aromatic rings. The van der Waals surface area contributed by atoms with Crippen LogP contribution in [0, 0.1) is 6.92 Å². The van der Waals surface area contributed by atoms with Crippen molar-refractivity contribution in [2.75, 3.05) is 31.6 Å². The lowest BCUT2D eigenvalue weighted by Gasteiger charge is -2.18. The number of anilines is 1. The van der Waals surface area contributed by atoms with Crippen LogP contribution in [0.25, 0.3) is 0 Å². The molecule has 0 spiro atoms. The van der Waals surface area contributed by atoms with Crippen LogP contribution in [-0.2, 0) is 14.3 Å². The summed E-state index contributed by atoms with van der Waals surface area (Å²) in [6.45, 7) is 6.45. The summed E-state index contributed by atoms with van der Waals surface area (Å²) in [5.74, 6) is 0.401. The van der Waals surface area contributed by atoms with Crippen molar-refractivity contribution in [2.45, 2.75) is 20.8 Å². The Morgan fingerprint density at radius 1 is 1.42 bits per heavy atom. The zero-order valence-electron chi connectivity index (χ0n) is 11.4. The molecule has 0 aliphatic rings. The number of likely N-dealkylation sites (N-methyl/N-ethyl adjacent to an activating group) is 1. The molecule has 0 aliphatic carbocycles. The molecule has 106 valence electrons. The Morgan fingerprint density at radius 2 is 2.16 bits per heavy atom. The summed E-state index contributed by atoms with van der Waals surface area (Å²) in [5.41, 5.74) is 0. The molecule has 0 saturated heterocycles. The number of esters is 1. The maximum Gasteiger partial charge on any atom is 0.320 e. The van der Waals surface area contributed by atoms with Crippen molar-refractivity contribution in [2.24, 2.45) is 0 Å². The summed E-state index contributed by atoms with van der Waals surface area (Å²) in [6.07, 6.45) is 0. The number of carbonyl (C=O) groups is 2. The second-order valence-electron chi connectivity index (χ2n) is 3.98. The van der Waals surface area contributed by atoms with Gasteiger partial charge in [-0.2, -0.15) is 0 Å². The predicted molar refractivity (Wildman–Crippen MR) is 68.6 cm³/mol. The minimum absolute atomic E-state index is 0.0929. The molecule has 0 aliphatic heterocycles. The molecule has 0 saturated carbocycles. The van der Waals surface area contributed by atoms with Gasteiger partial charge in [0.15, 0.2) is 5.82 Å². The van der Waals surface area contributed by atoms with E-state index in [1.54, 1.807) is 24.8 Å². The van der Waals surface area contributed by atoms with Crippen LogP contribution in [0.15, 0.2) is 10.6 Å². The molecule has 0 atom stereocenters. The lowest BCUT2D eigenvalue weighted by molar-refractivity contribution is -0.144. The minimum atomic E-state index is -0.338. The average Bonchev–Trinajstić information content (AvgIpc) is 2.74. The molecule has 0 unspecified atom stereocenters. The molecule has 19 heavy (non-hydrogen) atoms. The standard InChI is InChI=1S/C12H19N3O4/c1-4-15(8-12(17)18-5-2)7-11(16)13-10-6-9(3)19-14-10/h6H,4-5,7-8H2,1-3H3,(H,13,14,16). The predicted octanol–water partition coefficient (Wildman–Crippen LogP) is 0.807. The molecule has 1 aromatic heterocycles. The number of rotatable bonds is 7. The highest BCUT2D eigenvalue weighted by molar-refractivity contribution is 5.91. The number of aryl methyl sites for hydroxylation is 1. The van der Waals surface area contributed by atoms with Crippen LogP contribution in [-0.4, -0.2) is 48.2 Å². The second kappa shape index (κ2) is 7.52. The highest BCUT2D eigenvalue weighted by Gasteiger charge is 2.14. The van der Waals surface area contributed by atoms with Crippen LogP contribution in [0.4, 0.5) is 5.82 Å². The molecular formula is C12H19N3O4. The third-order valence-electron chi connectivity index (χ3n) is 2.37. The quantitative estimate of drug-likeness (QED) is 0.737. The highest BCUT2D eigenvalue weighted by Crippen LogP contribution is 2.06. The van der Waals surface area contributed by atoms with E-state index >= 15 is 0 Å². The second-order valence-corrected chi connectivity index (χ2v) is 3.98. The van der Waals surface area contributed by atoms with E-state index in [1.165, 1.54) is 0 Å². The number of nitrogens with zero attached hydrogens (tertiary/aromatic N) is 2. The molecule has 0 fully saturated rings. The van der Waals surface area contributed by atoms with Gasteiger partial charge < -0.3 is 14.6 Å². The molecule has 1 N–H and O–H groups in total. The van der Waals surface area contributed by atoms with Crippen molar-refractivity contribution >= 4 is 17.7 Å². The van der Waals surface area contributed by atoms with Crippen LogP contribution in [0.1, 0.15) is 19.6 Å². The van der Waals surface area contributed by atoms with Gasteiger partial charge in [-0.25, -0.2) is 0 Å². The number of amides is 1. The van der Waals surface area contributed by atoms with E-state index in [0.29, 0.717) is 24.7 Å². The fourth-order valence-corrected chi connectivity index (χ4v) is 1.48. The van der Waals surface area contributed by atoms with E-state index in [2.05, 4.69) is 10.5 Å². The summed E-state index contributed by atoms with van der Waals surface area (Å²) in [7, 11) is 0. The number of ether oxygens (including phenoxy) is 1. The molecule has 7 nitrogen and oxygen atoms in total. The normalized spacial score (nSPS) is 10.5. The monoisotopic (exact) mass is 269 g/mol. The van der Waals surface area contributed by atoms with Gasteiger partial charge in [-0.1, -0.05) is 12.1 Å². The molecule has 0 bridgehead atoms. The number of carbonyl (C=O) groups excluding carboxylic acids is 2. The summed E-state index contributed by atoms with van der Waals surface area (Å²) in [5, 5.41) is 6.26. The summed E-state index contributed by atoms with van der Waals surface area (Å²) < 4.78 is 9.68. The third-order valence-corrected chi connectivity index (χ3v) is 2.37. The molecule has 1 rings (SSSR count). The zero-order chi connectivity index (χ0) is 14.3. The SMILES string of the molecule is CCOC(=O)CN(CC)CC(=O)Nc1cc(C)on1. The Bertz CT molecular complexity index is 430. The molecule has 1 amide bonds. The average molecular weight is 269 g/mol. The summed E-state index contributed by atoms with van der Waals surface area (Å²) in [6, 6.07) is 1.62. The largest absolute Gasteiger partial charge is 0.465 e. The lowest BCUT2D eigenvalue weighted by Crippen LogP contribution is -2.37. The maximum absolute atomic E-state index is 11.7. The first-order valence-corrected chi connectivity index (χ1v) is 6.16. The van der Waals surface area contributed by atoms with Gasteiger partial charge in [0.2, 0.25) is 5.91 Å². The fraction of sp³-hybridized carbons (Fsp3) is 0.583. The molecule has 7 heteroatoms. The number of hydrogen-bond donors (Lipinski definition) is 1. The molecule has 1 heterocycles. The Balaban J connectivity index is 2.42. The van der Waals surface area contributed by atoms with Crippen molar-refractivity contribution in [1.29, 1.82) is 0 Å². The smallest absolute Gasteiger partial charge is 0.320 e. The first-order chi connectivity index (χ1) is 9.05. The lowest BCUT2D eigenvalue weighted by atomic mass is 10.4. The van der Waals surface area contributed by atoms with Crippen LogP contribution in [0.2, 0.25) is 0 Å². The van der Waals surface area contributed by atoms with Gasteiger partial charge in [-0.15, -0.1) is 0 Å². The molecular weight excluding hydrogens is 250 g/mol. The number of hydrogen-bond acceptors (Lipinski definition) is 6. The molecule has 0 radical (unpaired) electrons.